The Morgan fingerprint density at radius 2 is 1.68 bits per heavy atom. The molecule has 0 radical (unpaired) electrons. The Kier molecular flexibility index (Phi) is 8.91. The minimum atomic E-state index is -1.06. The number of imide groups is 2. The molecule has 1 saturated heterocycles. The van der Waals surface area contributed by atoms with Gasteiger partial charge in [0.05, 0.1) is 11.1 Å². The molecule has 2 fully saturated rings. The van der Waals surface area contributed by atoms with Crippen LogP contribution in [0.3, 0.4) is 0 Å². The van der Waals surface area contributed by atoms with Gasteiger partial charge >= 0.3 is 0 Å². The molecule has 1 atom stereocenters. The zero-order valence-corrected chi connectivity index (χ0v) is 21.2. The van der Waals surface area contributed by atoms with E-state index < -0.39 is 29.7 Å². The van der Waals surface area contributed by atoms with Crippen LogP contribution in [0.15, 0.2) is 12.1 Å². The van der Waals surface area contributed by atoms with Gasteiger partial charge in [-0.15, -0.1) is 0 Å². The number of nitrogens with zero attached hydrogens (tertiary/aromatic N) is 1. The van der Waals surface area contributed by atoms with Crippen molar-refractivity contribution in [1.82, 2.24) is 15.5 Å². The van der Waals surface area contributed by atoms with Crippen LogP contribution in [0.1, 0.15) is 103 Å². The lowest BCUT2D eigenvalue weighted by molar-refractivity contribution is -0.136. The maximum Gasteiger partial charge on any atom is 0.266 e. The van der Waals surface area contributed by atoms with Gasteiger partial charge in [-0.2, -0.15) is 0 Å². The number of rotatable bonds is 9. The summed E-state index contributed by atoms with van der Waals surface area (Å²) in [5.41, 5.74) is 6.64. The molecule has 1 aromatic carbocycles. The first-order valence-corrected chi connectivity index (χ1v) is 13.4. The molecule has 4 rings (SSSR count). The fourth-order valence-corrected chi connectivity index (χ4v) is 5.51. The summed E-state index contributed by atoms with van der Waals surface area (Å²) in [5, 5.41) is 4.99. The first-order chi connectivity index (χ1) is 17.9. The van der Waals surface area contributed by atoms with Gasteiger partial charge < -0.3 is 15.8 Å². The highest BCUT2D eigenvalue weighted by atomic mass is 16.5. The molecule has 10 nitrogen and oxygen atoms in total. The number of nitrogens with one attached hydrogen (secondary N) is 2. The van der Waals surface area contributed by atoms with Crippen LogP contribution in [0.5, 0.6) is 5.75 Å². The van der Waals surface area contributed by atoms with Crippen molar-refractivity contribution in [3.63, 3.8) is 0 Å². The van der Waals surface area contributed by atoms with Gasteiger partial charge in [0, 0.05) is 13.0 Å². The van der Waals surface area contributed by atoms with Gasteiger partial charge in [0.2, 0.25) is 11.8 Å². The molecule has 1 saturated carbocycles. The maximum atomic E-state index is 13.7. The van der Waals surface area contributed by atoms with E-state index in [4.69, 9.17) is 10.5 Å². The zero-order chi connectivity index (χ0) is 26.4. The second-order valence-corrected chi connectivity index (χ2v) is 10.0. The lowest BCUT2D eigenvalue weighted by Gasteiger charge is -2.28. The molecule has 2 aliphatic heterocycles. The van der Waals surface area contributed by atoms with Crippen molar-refractivity contribution >= 4 is 29.5 Å². The molecular weight excluding hydrogens is 476 g/mol. The van der Waals surface area contributed by atoms with Gasteiger partial charge in [0.15, 0.2) is 6.61 Å². The summed E-state index contributed by atoms with van der Waals surface area (Å²) < 4.78 is 5.76. The largest absolute Gasteiger partial charge is 0.483 e. The van der Waals surface area contributed by atoms with E-state index in [2.05, 4.69) is 10.6 Å². The molecule has 4 N–H and O–H groups in total. The summed E-state index contributed by atoms with van der Waals surface area (Å²) in [7, 11) is 0. The van der Waals surface area contributed by atoms with Crippen molar-refractivity contribution in [2.45, 2.75) is 82.6 Å². The first kappa shape index (κ1) is 26.8. The van der Waals surface area contributed by atoms with Crippen molar-refractivity contribution in [3.8, 4) is 5.75 Å². The first-order valence-electron chi connectivity index (χ1n) is 13.4. The SMILES string of the molecule is NCCCCNC(=O)COc1ccc(C2CCCCCCC2)c2c1C(=O)N(C1CCC(=O)NC1=O)C2=O. The third kappa shape index (κ3) is 6.01. The molecule has 0 bridgehead atoms. The van der Waals surface area contributed by atoms with Gasteiger partial charge in [-0.1, -0.05) is 38.2 Å². The van der Waals surface area contributed by atoms with Crippen LogP contribution in [0, 0.1) is 0 Å². The number of ether oxygens (including phenoxy) is 1. The molecule has 1 unspecified atom stereocenters. The maximum absolute atomic E-state index is 13.7. The van der Waals surface area contributed by atoms with Crippen LogP contribution < -0.4 is 21.1 Å². The Morgan fingerprint density at radius 3 is 2.38 bits per heavy atom. The van der Waals surface area contributed by atoms with E-state index in [0.29, 0.717) is 13.1 Å². The lowest BCUT2D eigenvalue weighted by Crippen LogP contribution is -2.54. The van der Waals surface area contributed by atoms with E-state index in [0.717, 1.165) is 61.8 Å². The Bertz CT molecular complexity index is 1060. The van der Waals surface area contributed by atoms with Gasteiger partial charge in [-0.05, 0) is 56.2 Å². The van der Waals surface area contributed by atoms with Crippen LogP contribution in [0.25, 0.3) is 0 Å². The zero-order valence-electron chi connectivity index (χ0n) is 21.2. The Balaban J connectivity index is 1.62. The molecule has 0 spiro atoms. The molecular formula is C27H36N4O6. The third-order valence-corrected chi connectivity index (χ3v) is 7.44. The van der Waals surface area contributed by atoms with E-state index in [1.165, 1.54) is 6.42 Å². The summed E-state index contributed by atoms with van der Waals surface area (Å²) in [4.78, 5) is 64.9. The standard InChI is InChI=1S/C27H36N4O6/c28-14-6-7-15-29-22(33)16-37-20-12-10-18(17-8-4-2-1-3-5-9-17)23-24(20)27(36)31(26(23)35)19-11-13-21(32)30-25(19)34/h10,12,17,19H,1-9,11,13-16,28H2,(H,29,33)(H,30,32,34). The number of amides is 5. The van der Waals surface area contributed by atoms with Crippen LogP contribution in [-0.4, -0.2) is 60.2 Å². The molecule has 5 amide bonds. The quantitative estimate of drug-likeness (QED) is 0.339. The molecule has 2 heterocycles. The highest BCUT2D eigenvalue weighted by Crippen LogP contribution is 2.41. The summed E-state index contributed by atoms with van der Waals surface area (Å²) in [6.07, 6.45) is 9.06. The predicted molar refractivity (Wildman–Crippen MR) is 135 cm³/mol. The number of carbonyl (C=O) groups excluding carboxylic acids is 5. The van der Waals surface area contributed by atoms with Gasteiger partial charge in [-0.25, -0.2) is 0 Å². The molecule has 10 heteroatoms. The van der Waals surface area contributed by atoms with Crippen LogP contribution in [-0.2, 0) is 14.4 Å². The number of unbranched alkanes of at least 4 members (excludes halogenated alkanes) is 1. The number of hydrogen-bond donors (Lipinski definition) is 3. The number of carbonyl (C=O) groups is 5. The van der Waals surface area contributed by atoms with E-state index in [1.54, 1.807) is 6.07 Å². The molecule has 0 aromatic heterocycles. The minimum Gasteiger partial charge on any atom is -0.483 e. The second kappa shape index (κ2) is 12.3. The van der Waals surface area contributed by atoms with Gasteiger partial charge in [0.25, 0.3) is 17.7 Å². The Labute approximate surface area is 216 Å². The third-order valence-electron chi connectivity index (χ3n) is 7.44. The summed E-state index contributed by atoms with van der Waals surface area (Å²) in [5.74, 6) is -2.31. The van der Waals surface area contributed by atoms with E-state index in [1.807, 2.05) is 6.07 Å². The summed E-state index contributed by atoms with van der Waals surface area (Å²) in [6.45, 7) is 0.711. The molecule has 1 aromatic rings. The average molecular weight is 513 g/mol. The molecule has 1 aliphatic carbocycles. The second-order valence-electron chi connectivity index (χ2n) is 10.0. The molecule has 3 aliphatic rings. The lowest BCUT2D eigenvalue weighted by atomic mass is 9.82. The van der Waals surface area contributed by atoms with Crippen LogP contribution in [0.2, 0.25) is 0 Å². The molecule has 200 valence electrons. The summed E-state index contributed by atoms with van der Waals surface area (Å²) in [6, 6.07) is 2.43. The fraction of sp³-hybridized carbons (Fsp3) is 0.593. The fourth-order valence-electron chi connectivity index (χ4n) is 5.51. The van der Waals surface area contributed by atoms with Crippen LogP contribution >= 0.6 is 0 Å². The normalized spacial score (nSPS) is 20.8. The number of benzene rings is 1. The van der Waals surface area contributed by atoms with E-state index >= 15 is 0 Å². The monoisotopic (exact) mass is 512 g/mol. The molecule has 37 heavy (non-hydrogen) atoms. The van der Waals surface area contributed by atoms with Crippen LogP contribution in [0.4, 0.5) is 0 Å². The predicted octanol–water partition coefficient (Wildman–Crippen LogP) is 2.15. The highest BCUT2D eigenvalue weighted by molar-refractivity contribution is 6.25. The summed E-state index contributed by atoms with van der Waals surface area (Å²) >= 11 is 0. The van der Waals surface area contributed by atoms with Crippen molar-refractivity contribution < 1.29 is 28.7 Å². The van der Waals surface area contributed by atoms with Crippen molar-refractivity contribution in [2.75, 3.05) is 19.7 Å². The average Bonchev–Trinajstić information content (AvgIpc) is 3.11. The highest BCUT2D eigenvalue weighted by Gasteiger charge is 2.47. The van der Waals surface area contributed by atoms with Crippen molar-refractivity contribution in [3.05, 3.63) is 28.8 Å². The van der Waals surface area contributed by atoms with Crippen molar-refractivity contribution in [1.29, 1.82) is 0 Å². The van der Waals surface area contributed by atoms with E-state index in [9.17, 15) is 24.0 Å². The minimum absolute atomic E-state index is 0.0486. The number of nitrogens with two attached hydrogens (primary N) is 1. The number of hydrogen-bond acceptors (Lipinski definition) is 7. The van der Waals surface area contributed by atoms with Gasteiger partial charge in [0.1, 0.15) is 11.8 Å². The van der Waals surface area contributed by atoms with Gasteiger partial charge in [-0.3, -0.25) is 34.2 Å². The Morgan fingerprint density at radius 1 is 0.973 bits per heavy atom. The topological polar surface area (TPSA) is 148 Å². The van der Waals surface area contributed by atoms with Crippen molar-refractivity contribution in [2.24, 2.45) is 5.73 Å². The smallest absolute Gasteiger partial charge is 0.266 e. The van der Waals surface area contributed by atoms with E-state index in [-0.39, 0.29) is 48.2 Å². The number of piperidine rings is 1. The Hall–Kier alpha value is -3.27. The number of fused-ring (bicyclic) bond motifs is 1.